The molecule has 0 atom stereocenters. The zero-order valence-electron chi connectivity index (χ0n) is 10.2. The molecule has 0 unspecified atom stereocenters. The quantitative estimate of drug-likeness (QED) is 0.562. The van der Waals surface area contributed by atoms with Crippen LogP contribution in [0, 0.1) is 5.82 Å². The van der Waals surface area contributed by atoms with Crippen LogP contribution in [0.25, 0.3) is 0 Å². The van der Waals surface area contributed by atoms with Gasteiger partial charge in [-0.05, 0) is 24.3 Å². The lowest BCUT2D eigenvalue weighted by Gasteiger charge is -2.13. The van der Waals surface area contributed by atoms with Crippen molar-refractivity contribution in [2.24, 2.45) is 0 Å². The minimum Gasteiger partial charge on any atom is -0.397 e. The van der Waals surface area contributed by atoms with Crippen molar-refractivity contribution < 1.29 is 17.6 Å². The Balaban J connectivity index is 2.35. The molecular weight excluding hydrogens is 331 g/mol. The number of hydrogen-bond donors (Lipinski definition) is 2. The highest BCUT2D eigenvalue weighted by Gasteiger charge is 2.30. The number of hydrogen-bond acceptors (Lipinski definition) is 2. The Morgan fingerprint density at radius 3 is 2.19 bits per heavy atom. The molecule has 2 nitrogen and oxygen atoms in total. The van der Waals surface area contributed by atoms with Gasteiger partial charge >= 0.3 is 6.18 Å². The second-order valence-corrected chi connectivity index (χ2v) is 4.99. The summed E-state index contributed by atoms with van der Waals surface area (Å²) in [5.41, 5.74) is 5.21. The molecule has 0 aromatic heterocycles. The van der Waals surface area contributed by atoms with Crippen LogP contribution < -0.4 is 11.1 Å². The van der Waals surface area contributed by atoms with Gasteiger partial charge in [0.2, 0.25) is 0 Å². The first-order chi connectivity index (χ1) is 9.68. The Hall–Kier alpha value is -1.66. The third-order valence-electron chi connectivity index (χ3n) is 2.66. The maximum atomic E-state index is 13.2. The smallest absolute Gasteiger partial charge is 0.397 e. The SMILES string of the molecule is Nc1cc(F)c(Cl)cc1Nc1ccc(C(F)(F)F)cc1Cl. The number of rotatable bonds is 2. The number of nitrogens with one attached hydrogen (secondary N) is 1. The molecular formula is C13H8Cl2F4N2. The molecule has 2 rings (SSSR count). The number of halogens is 6. The average molecular weight is 339 g/mol. The largest absolute Gasteiger partial charge is 0.416 e. The molecule has 0 aliphatic rings. The van der Waals surface area contributed by atoms with Gasteiger partial charge in [-0.3, -0.25) is 0 Å². The summed E-state index contributed by atoms with van der Waals surface area (Å²) in [6.45, 7) is 0. The van der Waals surface area contributed by atoms with Crippen molar-refractivity contribution in [3.8, 4) is 0 Å². The lowest BCUT2D eigenvalue weighted by Crippen LogP contribution is -2.05. The van der Waals surface area contributed by atoms with E-state index in [0.29, 0.717) is 0 Å². The zero-order valence-corrected chi connectivity index (χ0v) is 11.7. The van der Waals surface area contributed by atoms with Crippen molar-refractivity contribution in [3.05, 3.63) is 51.8 Å². The monoisotopic (exact) mass is 338 g/mol. The van der Waals surface area contributed by atoms with E-state index < -0.39 is 17.6 Å². The minimum absolute atomic E-state index is 0.0489. The molecule has 0 fully saturated rings. The van der Waals surface area contributed by atoms with E-state index in [4.69, 9.17) is 28.9 Å². The van der Waals surface area contributed by atoms with E-state index in [2.05, 4.69) is 5.32 Å². The van der Waals surface area contributed by atoms with Crippen molar-refractivity contribution in [2.75, 3.05) is 11.1 Å². The third kappa shape index (κ3) is 3.51. The number of anilines is 3. The molecule has 0 bridgehead atoms. The summed E-state index contributed by atoms with van der Waals surface area (Å²) >= 11 is 11.4. The van der Waals surface area contributed by atoms with Gasteiger partial charge in [0.1, 0.15) is 5.82 Å². The summed E-state index contributed by atoms with van der Waals surface area (Å²) in [7, 11) is 0. The number of benzene rings is 2. The summed E-state index contributed by atoms with van der Waals surface area (Å²) in [4.78, 5) is 0. The fourth-order valence-corrected chi connectivity index (χ4v) is 2.00. The second kappa shape index (κ2) is 5.61. The first-order valence-corrected chi connectivity index (χ1v) is 6.32. The first-order valence-electron chi connectivity index (χ1n) is 5.57. The highest BCUT2D eigenvalue weighted by atomic mass is 35.5. The van der Waals surface area contributed by atoms with Gasteiger partial charge in [0, 0.05) is 6.07 Å². The standard InChI is InChI=1S/C13H8Cl2F4N2/c14-7-4-12(10(20)5-9(7)16)21-11-2-1-6(3-8(11)15)13(17,18)19/h1-5,21H,20H2. The van der Waals surface area contributed by atoms with Crippen LogP contribution in [0.4, 0.5) is 34.6 Å². The Kier molecular flexibility index (Phi) is 4.20. The zero-order chi connectivity index (χ0) is 15.8. The molecule has 3 N–H and O–H groups in total. The van der Waals surface area contributed by atoms with Crippen molar-refractivity contribution in [2.45, 2.75) is 6.18 Å². The lowest BCUT2D eigenvalue weighted by atomic mass is 10.2. The van der Waals surface area contributed by atoms with Gasteiger partial charge in [-0.15, -0.1) is 0 Å². The number of nitrogens with two attached hydrogens (primary N) is 1. The van der Waals surface area contributed by atoms with Gasteiger partial charge in [0.15, 0.2) is 0 Å². The van der Waals surface area contributed by atoms with E-state index in [1.54, 1.807) is 0 Å². The highest BCUT2D eigenvalue weighted by Crippen LogP contribution is 2.36. The molecule has 0 aliphatic heterocycles. The molecule has 112 valence electrons. The Labute approximate surface area is 127 Å². The van der Waals surface area contributed by atoms with E-state index in [1.165, 1.54) is 6.07 Å². The van der Waals surface area contributed by atoms with E-state index in [9.17, 15) is 17.6 Å². The van der Waals surface area contributed by atoms with Crippen molar-refractivity contribution in [1.29, 1.82) is 0 Å². The van der Waals surface area contributed by atoms with Crippen LogP contribution in [0.3, 0.4) is 0 Å². The second-order valence-electron chi connectivity index (χ2n) is 4.17. The molecule has 2 aromatic rings. The van der Waals surface area contributed by atoms with Crippen LogP contribution in [0.1, 0.15) is 5.56 Å². The molecule has 0 amide bonds. The van der Waals surface area contributed by atoms with Crippen LogP contribution >= 0.6 is 23.2 Å². The van der Waals surface area contributed by atoms with E-state index in [1.807, 2.05) is 0 Å². The maximum absolute atomic E-state index is 13.2. The van der Waals surface area contributed by atoms with E-state index in [0.717, 1.165) is 24.3 Å². The highest BCUT2D eigenvalue weighted by molar-refractivity contribution is 6.33. The van der Waals surface area contributed by atoms with Crippen molar-refractivity contribution in [3.63, 3.8) is 0 Å². The molecule has 8 heteroatoms. The fourth-order valence-electron chi connectivity index (χ4n) is 1.61. The van der Waals surface area contributed by atoms with Gasteiger partial charge < -0.3 is 11.1 Å². The van der Waals surface area contributed by atoms with Crippen molar-refractivity contribution >= 4 is 40.3 Å². The maximum Gasteiger partial charge on any atom is 0.416 e. The lowest BCUT2D eigenvalue weighted by molar-refractivity contribution is -0.137. The molecule has 21 heavy (non-hydrogen) atoms. The van der Waals surface area contributed by atoms with Crippen molar-refractivity contribution in [1.82, 2.24) is 0 Å². The van der Waals surface area contributed by atoms with Crippen LogP contribution in [0.5, 0.6) is 0 Å². The van der Waals surface area contributed by atoms with Crippen LogP contribution in [-0.2, 0) is 6.18 Å². The molecule has 0 saturated carbocycles. The Bertz CT molecular complexity index is 687. The molecule has 0 spiro atoms. The van der Waals surface area contributed by atoms with Gasteiger partial charge in [-0.1, -0.05) is 23.2 Å². The number of nitrogen functional groups attached to an aromatic ring is 1. The average Bonchev–Trinajstić information content (AvgIpc) is 2.36. The molecule has 0 saturated heterocycles. The fraction of sp³-hybridized carbons (Fsp3) is 0.0769. The summed E-state index contributed by atoms with van der Waals surface area (Å²) in [6, 6.07) is 5.03. The third-order valence-corrected chi connectivity index (χ3v) is 3.26. The summed E-state index contributed by atoms with van der Waals surface area (Å²) in [5, 5.41) is 2.39. The molecule has 0 radical (unpaired) electrons. The topological polar surface area (TPSA) is 38.0 Å². The first kappa shape index (κ1) is 15.7. The summed E-state index contributed by atoms with van der Waals surface area (Å²) < 4.78 is 50.8. The van der Waals surface area contributed by atoms with Gasteiger partial charge in [-0.2, -0.15) is 13.2 Å². The van der Waals surface area contributed by atoms with Crippen LogP contribution in [0.15, 0.2) is 30.3 Å². The molecule has 0 aliphatic carbocycles. The summed E-state index contributed by atoms with van der Waals surface area (Å²) in [5.74, 6) is -0.696. The van der Waals surface area contributed by atoms with Crippen LogP contribution in [0.2, 0.25) is 10.0 Å². The number of alkyl halides is 3. The minimum atomic E-state index is -4.49. The van der Waals surface area contributed by atoms with E-state index in [-0.39, 0.29) is 27.1 Å². The van der Waals surface area contributed by atoms with Gasteiger partial charge in [0.25, 0.3) is 0 Å². The predicted octanol–water partition coefficient (Wildman–Crippen LogP) is 5.48. The Morgan fingerprint density at radius 1 is 0.952 bits per heavy atom. The Morgan fingerprint density at radius 2 is 1.62 bits per heavy atom. The van der Waals surface area contributed by atoms with Crippen LogP contribution in [-0.4, -0.2) is 0 Å². The normalized spacial score (nSPS) is 11.5. The molecule has 2 aromatic carbocycles. The summed E-state index contributed by atoms with van der Waals surface area (Å²) in [6.07, 6.45) is -4.49. The van der Waals surface area contributed by atoms with E-state index >= 15 is 0 Å². The molecule has 0 heterocycles. The van der Waals surface area contributed by atoms with Gasteiger partial charge in [-0.25, -0.2) is 4.39 Å². The van der Waals surface area contributed by atoms with Gasteiger partial charge in [0.05, 0.1) is 32.7 Å². The predicted molar refractivity (Wildman–Crippen MR) is 75.6 cm³/mol.